The Hall–Kier alpha value is -1.71. The first-order valence-corrected chi connectivity index (χ1v) is 10.8. The average Bonchev–Trinajstić information content (AvgIpc) is 2.70. The summed E-state index contributed by atoms with van der Waals surface area (Å²) >= 11 is 0. The number of hydrogen-bond acceptors (Lipinski definition) is 3. The van der Waals surface area contributed by atoms with E-state index < -0.39 is 0 Å². The van der Waals surface area contributed by atoms with Crippen LogP contribution in [0.15, 0.2) is 54.9 Å². The predicted molar refractivity (Wildman–Crippen MR) is 109 cm³/mol. The van der Waals surface area contributed by atoms with Crippen LogP contribution >= 0.6 is 0 Å². The summed E-state index contributed by atoms with van der Waals surface area (Å²) in [4.78, 5) is 9.81. The van der Waals surface area contributed by atoms with Gasteiger partial charge in [-0.1, -0.05) is 36.8 Å². The summed E-state index contributed by atoms with van der Waals surface area (Å²) in [7, 11) is 0. The average molecular weight is 362 g/mol. The molecule has 0 amide bonds. The van der Waals surface area contributed by atoms with Crippen LogP contribution in [0.3, 0.4) is 0 Å². The first kappa shape index (κ1) is 17.4. The van der Waals surface area contributed by atoms with Gasteiger partial charge in [-0.2, -0.15) is 0 Å². The topological polar surface area (TPSA) is 19.4 Å². The van der Waals surface area contributed by atoms with Gasteiger partial charge in [0.15, 0.2) is 0 Å². The fourth-order valence-electron chi connectivity index (χ4n) is 5.99. The molecular weight excluding hydrogens is 330 g/mol. The maximum Gasteiger partial charge on any atom is 0.0271 e. The van der Waals surface area contributed by atoms with Gasteiger partial charge in [0.2, 0.25) is 0 Å². The number of likely N-dealkylation sites (tertiary alicyclic amines) is 1. The SMILES string of the molecule is c1ccc(C[C@H]2CCC[C@H]3[C@@H]4C[C@@H](CN(Cc5ccncc5)C4)CN23)cc1. The lowest BCUT2D eigenvalue weighted by atomic mass is 9.74. The summed E-state index contributed by atoms with van der Waals surface area (Å²) in [5, 5.41) is 0. The van der Waals surface area contributed by atoms with Gasteiger partial charge in [0, 0.05) is 50.7 Å². The Morgan fingerprint density at radius 2 is 1.74 bits per heavy atom. The molecule has 3 saturated heterocycles. The highest BCUT2D eigenvalue weighted by Gasteiger charge is 2.44. The van der Waals surface area contributed by atoms with E-state index in [2.05, 4.69) is 57.2 Å². The molecular formula is C24H31N3. The van der Waals surface area contributed by atoms with Crippen molar-refractivity contribution in [2.45, 2.75) is 50.7 Å². The molecule has 3 nitrogen and oxygen atoms in total. The van der Waals surface area contributed by atoms with Crippen LogP contribution in [0.4, 0.5) is 0 Å². The predicted octanol–water partition coefficient (Wildman–Crippen LogP) is 4.00. The van der Waals surface area contributed by atoms with E-state index in [-0.39, 0.29) is 0 Å². The van der Waals surface area contributed by atoms with E-state index in [1.54, 1.807) is 0 Å². The highest BCUT2D eigenvalue weighted by molar-refractivity contribution is 5.17. The Kier molecular flexibility index (Phi) is 4.98. The van der Waals surface area contributed by atoms with Crippen LogP contribution in [0.2, 0.25) is 0 Å². The number of rotatable bonds is 4. The van der Waals surface area contributed by atoms with Gasteiger partial charge in [-0.3, -0.25) is 14.8 Å². The molecule has 2 bridgehead atoms. The number of pyridine rings is 1. The Morgan fingerprint density at radius 1 is 0.889 bits per heavy atom. The summed E-state index contributed by atoms with van der Waals surface area (Å²) in [6.07, 6.45) is 10.7. The smallest absolute Gasteiger partial charge is 0.0271 e. The van der Waals surface area contributed by atoms with Crippen LogP contribution in [0.5, 0.6) is 0 Å². The van der Waals surface area contributed by atoms with E-state index in [4.69, 9.17) is 0 Å². The summed E-state index contributed by atoms with van der Waals surface area (Å²) in [6, 6.07) is 17.0. The second-order valence-corrected chi connectivity index (χ2v) is 8.95. The molecule has 0 radical (unpaired) electrons. The summed E-state index contributed by atoms with van der Waals surface area (Å²) in [5.74, 6) is 1.70. The molecule has 4 heterocycles. The van der Waals surface area contributed by atoms with E-state index in [9.17, 15) is 0 Å². The molecule has 3 heteroatoms. The molecule has 3 fully saturated rings. The van der Waals surface area contributed by atoms with E-state index in [0.717, 1.165) is 30.5 Å². The molecule has 142 valence electrons. The van der Waals surface area contributed by atoms with Crippen molar-refractivity contribution in [3.8, 4) is 0 Å². The molecule has 0 unspecified atom stereocenters. The van der Waals surface area contributed by atoms with Gasteiger partial charge in [0.05, 0.1) is 0 Å². The fourth-order valence-corrected chi connectivity index (χ4v) is 5.99. The molecule has 0 aliphatic carbocycles. The zero-order valence-corrected chi connectivity index (χ0v) is 16.2. The molecule has 2 aromatic rings. The van der Waals surface area contributed by atoms with Gasteiger partial charge >= 0.3 is 0 Å². The van der Waals surface area contributed by atoms with Gasteiger partial charge in [-0.05, 0) is 60.8 Å². The molecule has 1 aromatic heterocycles. The summed E-state index contributed by atoms with van der Waals surface area (Å²) in [6.45, 7) is 4.94. The van der Waals surface area contributed by atoms with E-state index in [0.29, 0.717) is 0 Å². The standard InChI is InChI=1S/C24H31N3/c1-2-5-19(6-3-1)14-23-7-4-8-24-22-13-21(17-27(23)24)16-26(18-22)15-20-9-11-25-12-10-20/h1-3,5-6,9-12,21-24H,4,7-8,13-18H2/t21-,22+,23+,24-/m0/s1. The van der Waals surface area contributed by atoms with Crippen LogP contribution in [-0.4, -0.2) is 46.5 Å². The van der Waals surface area contributed by atoms with Crippen molar-refractivity contribution in [2.75, 3.05) is 19.6 Å². The first-order valence-electron chi connectivity index (χ1n) is 10.8. The van der Waals surface area contributed by atoms with Crippen LogP contribution in [0, 0.1) is 11.8 Å². The van der Waals surface area contributed by atoms with Crippen LogP contribution < -0.4 is 0 Å². The Labute approximate surface area is 163 Å². The number of aromatic nitrogens is 1. The molecule has 0 saturated carbocycles. The molecule has 5 rings (SSSR count). The van der Waals surface area contributed by atoms with Crippen molar-refractivity contribution in [2.24, 2.45) is 11.8 Å². The summed E-state index contributed by atoms with van der Waals surface area (Å²) in [5.41, 5.74) is 2.92. The van der Waals surface area contributed by atoms with Crippen molar-refractivity contribution in [1.82, 2.24) is 14.8 Å². The third kappa shape index (κ3) is 3.81. The first-order chi connectivity index (χ1) is 13.3. The van der Waals surface area contributed by atoms with Gasteiger partial charge in [-0.25, -0.2) is 0 Å². The van der Waals surface area contributed by atoms with Crippen LogP contribution in [0.25, 0.3) is 0 Å². The zero-order valence-electron chi connectivity index (χ0n) is 16.2. The molecule has 4 atom stereocenters. The Morgan fingerprint density at radius 3 is 2.59 bits per heavy atom. The largest absolute Gasteiger partial charge is 0.298 e. The van der Waals surface area contributed by atoms with Gasteiger partial charge < -0.3 is 0 Å². The van der Waals surface area contributed by atoms with Crippen molar-refractivity contribution < 1.29 is 0 Å². The van der Waals surface area contributed by atoms with Crippen molar-refractivity contribution >= 4 is 0 Å². The lowest BCUT2D eigenvalue weighted by Crippen LogP contribution is -2.61. The minimum absolute atomic E-state index is 0.753. The Bertz CT molecular complexity index is 732. The molecule has 3 aliphatic rings. The molecule has 1 aromatic carbocycles. The van der Waals surface area contributed by atoms with Crippen LogP contribution in [0.1, 0.15) is 36.8 Å². The number of nitrogens with zero attached hydrogens (tertiary/aromatic N) is 3. The van der Waals surface area contributed by atoms with Crippen molar-refractivity contribution in [1.29, 1.82) is 0 Å². The third-order valence-corrected chi connectivity index (χ3v) is 7.06. The van der Waals surface area contributed by atoms with Gasteiger partial charge in [0.1, 0.15) is 0 Å². The number of piperidine rings is 3. The molecule has 27 heavy (non-hydrogen) atoms. The van der Waals surface area contributed by atoms with Crippen molar-refractivity contribution in [3.63, 3.8) is 0 Å². The van der Waals surface area contributed by atoms with E-state index in [1.165, 1.54) is 62.9 Å². The maximum absolute atomic E-state index is 4.17. The third-order valence-electron chi connectivity index (χ3n) is 7.06. The van der Waals surface area contributed by atoms with Crippen molar-refractivity contribution in [3.05, 3.63) is 66.0 Å². The monoisotopic (exact) mass is 361 g/mol. The molecule has 3 aliphatic heterocycles. The van der Waals surface area contributed by atoms with Crippen LogP contribution in [-0.2, 0) is 13.0 Å². The second kappa shape index (κ2) is 7.73. The second-order valence-electron chi connectivity index (χ2n) is 8.95. The number of benzene rings is 1. The van der Waals surface area contributed by atoms with Gasteiger partial charge in [-0.15, -0.1) is 0 Å². The normalized spacial score (nSPS) is 31.4. The zero-order chi connectivity index (χ0) is 18.1. The quantitative estimate of drug-likeness (QED) is 0.820. The summed E-state index contributed by atoms with van der Waals surface area (Å²) < 4.78 is 0. The fraction of sp³-hybridized carbons (Fsp3) is 0.542. The maximum atomic E-state index is 4.17. The van der Waals surface area contributed by atoms with E-state index in [1.807, 2.05) is 12.4 Å². The number of hydrogen-bond donors (Lipinski definition) is 0. The highest BCUT2D eigenvalue weighted by atomic mass is 15.3. The van der Waals surface area contributed by atoms with E-state index >= 15 is 0 Å². The minimum atomic E-state index is 0.753. The Balaban J connectivity index is 1.28. The van der Waals surface area contributed by atoms with Gasteiger partial charge in [0.25, 0.3) is 0 Å². The minimum Gasteiger partial charge on any atom is -0.298 e. The highest BCUT2D eigenvalue weighted by Crippen LogP contribution is 2.40. The number of fused-ring (bicyclic) bond motifs is 4. The lowest BCUT2D eigenvalue weighted by Gasteiger charge is -2.55. The lowest BCUT2D eigenvalue weighted by molar-refractivity contribution is -0.0578. The molecule has 0 N–H and O–H groups in total. The molecule has 0 spiro atoms.